The van der Waals surface area contributed by atoms with E-state index in [-0.39, 0.29) is 30.2 Å². The molecule has 2 atom stereocenters. The van der Waals surface area contributed by atoms with Crippen LogP contribution in [0.5, 0.6) is 0 Å². The van der Waals surface area contributed by atoms with Crippen molar-refractivity contribution in [2.24, 2.45) is 5.92 Å². The summed E-state index contributed by atoms with van der Waals surface area (Å²) in [6.45, 7) is 1.29. The van der Waals surface area contributed by atoms with Gasteiger partial charge in [-0.05, 0) is 17.7 Å². The number of carbonyl (C=O) groups is 2. The van der Waals surface area contributed by atoms with Crippen molar-refractivity contribution in [3.8, 4) is 0 Å². The number of aromatic nitrogens is 1. The fourth-order valence-electron chi connectivity index (χ4n) is 3.17. The third-order valence-corrected chi connectivity index (χ3v) is 4.40. The Kier molecular flexibility index (Phi) is 4.46. The van der Waals surface area contributed by atoms with Gasteiger partial charge in [0.05, 0.1) is 12.0 Å². The summed E-state index contributed by atoms with van der Waals surface area (Å²) < 4.78 is 2.01. The van der Waals surface area contributed by atoms with Gasteiger partial charge in [-0.1, -0.05) is 30.3 Å². The molecule has 1 N–H and O–H groups in total. The van der Waals surface area contributed by atoms with Crippen LogP contribution in [0.15, 0.2) is 54.9 Å². The summed E-state index contributed by atoms with van der Waals surface area (Å²) in [6, 6.07) is 13.5. The molecular formula is C18H21N3O2. The largest absolute Gasteiger partial charge is 0.354 e. The van der Waals surface area contributed by atoms with E-state index in [1.165, 1.54) is 0 Å². The molecule has 0 bridgehead atoms. The van der Waals surface area contributed by atoms with Gasteiger partial charge in [-0.15, -0.1) is 0 Å². The molecule has 23 heavy (non-hydrogen) atoms. The van der Waals surface area contributed by atoms with Crippen LogP contribution in [0, 0.1) is 5.92 Å². The van der Waals surface area contributed by atoms with Gasteiger partial charge >= 0.3 is 0 Å². The summed E-state index contributed by atoms with van der Waals surface area (Å²) in [5.74, 6) is -0.368. The van der Waals surface area contributed by atoms with E-state index in [0.717, 1.165) is 12.1 Å². The van der Waals surface area contributed by atoms with Gasteiger partial charge < -0.3 is 14.8 Å². The molecular weight excluding hydrogens is 290 g/mol. The Balaban J connectivity index is 1.66. The number of nitrogens with one attached hydrogen (secondary N) is 1. The highest BCUT2D eigenvalue weighted by molar-refractivity contribution is 5.90. The molecule has 2 amide bonds. The average Bonchev–Trinajstić information content (AvgIpc) is 3.17. The van der Waals surface area contributed by atoms with E-state index < -0.39 is 0 Å². The standard InChI is InChI=1S/C18H21N3O2/c1-20-16(22)13-15(17(20)14-7-3-2-4-8-14)18(23)19-9-12-21-10-5-6-11-21/h2-8,10-11,15,17H,9,12-13H2,1H3,(H,19,23)/t15-,17-/m0/s1. The molecule has 1 aliphatic rings. The lowest BCUT2D eigenvalue weighted by Crippen LogP contribution is -2.36. The number of rotatable bonds is 5. The van der Waals surface area contributed by atoms with E-state index in [1.54, 1.807) is 11.9 Å². The highest BCUT2D eigenvalue weighted by Gasteiger charge is 2.42. The third kappa shape index (κ3) is 3.28. The topological polar surface area (TPSA) is 54.3 Å². The summed E-state index contributed by atoms with van der Waals surface area (Å²) in [6.07, 6.45) is 4.20. The molecule has 120 valence electrons. The van der Waals surface area contributed by atoms with Gasteiger partial charge in [0.25, 0.3) is 0 Å². The number of amides is 2. The van der Waals surface area contributed by atoms with E-state index in [0.29, 0.717) is 6.54 Å². The highest BCUT2D eigenvalue weighted by Crippen LogP contribution is 2.36. The molecule has 2 aromatic rings. The van der Waals surface area contributed by atoms with Gasteiger partial charge in [0.1, 0.15) is 0 Å². The van der Waals surface area contributed by atoms with Crippen LogP contribution >= 0.6 is 0 Å². The van der Waals surface area contributed by atoms with Crippen molar-refractivity contribution in [3.05, 3.63) is 60.4 Å². The maximum Gasteiger partial charge on any atom is 0.226 e. The molecule has 3 rings (SSSR count). The smallest absolute Gasteiger partial charge is 0.226 e. The zero-order valence-corrected chi connectivity index (χ0v) is 13.2. The van der Waals surface area contributed by atoms with Gasteiger partial charge in [0.2, 0.25) is 11.8 Å². The van der Waals surface area contributed by atoms with Crippen LogP contribution < -0.4 is 5.32 Å². The number of likely N-dealkylation sites (tertiary alicyclic amines) is 1. The lowest BCUT2D eigenvalue weighted by molar-refractivity contribution is -0.128. The first-order valence-corrected chi connectivity index (χ1v) is 7.86. The number of hydrogen-bond acceptors (Lipinski definition) is 2. The fraction of sp³-hybridized carbons (Fsp3) is 0.333. The SMILES string of the molecule is CN1C(=O)C[C@H](C(=O)NCCn2cccc2)[C@@H]1c1ccccc1. The Morgan fingerprint density at radius 1 is 1.17 bits per heavy atom. The molecule has 0 spiro atoms. The Bertz CT molecular complexity index is 667. The molecule has 1 aromatic heterocycles. The van der Waals surface area contributed by atoms with E-state index in [1.807, 2.05) is 59.4 Å². The summed E-state index contributed by atoms with van der Waals surface area (Å²) >= 11 is 0. The van der Waals surface area contributed by atoms with Gasteiger partial charge in [-0.2, -0.15) is 0 Å². The number of benzene rings is 1. The lowest BCUT2D eigenvalue weighted by atomic mass is 9.93. The first-order chi connectivity index (χ1) is 11.2. The predicted molar refractivity (Wildman–Crippen MR) is 87.5 cm³/mol. The van der Waals surface area contributed by atoms with Gasteiger partial charge in [-0.3, -0.25) is 9.59 Å². The van der Waals surface area contributed by atoms with Crippen molar-refractivity contribution < 1.29 is 9.59 Å². The average molecular weight is 311 g/mol. The van der Waals surface area contributed by atoms with E-state index in [9.17, 15) is 9.59 Å². The number of carbonyl (C=O) groups excluding carboxylic acids is 2. The lowest BCUT2D eigenvalue weighted by Gasteiger charge is -2.25. The number of hydrogen-bond donors (Lipinski definition) is 1. The van der Waals surface area contributed by atoms with Gasteiger partial charge in [0, 0.05) is 39.0 Å². The second kappa shape index (κ2) is 6.69. The normalized spacial score (nSPS) is 20.7. The Morgan fingerprint density at radius 3 is 2.57 bits per heavy atom. The first-order valence-electron chi connectivity index (χ1n) is 7.86. The summed E-state index contributed by atoms with van der Waals surface area (Å²) in [4.78, 5) is 26.3. The molecule has 1 aliphatic heterocycles. The van der Waals surface area contributed by atoms with Crippen molar-refractivity contribution in [1.82, 2.24) is 14.8 Å². The van der Waals surface area contributed by atoms with Crippen molar-refractivity contribution >= 4 is 11.8 Å². The second-order valence-electron chi connectivity index (χ2n) is 5.88. The quantitative estimate of drug-likeness (QED) is 0.916. The zero-order valence-electron chi connectivity index (χ0n) is 13.2. The summed E-state index contributed by atoms with van der Waals surface area (Å²) in [5.41, 5.74) is 1.01. The van der Waals surface area contributed by atoms with Crippen molar-refractivity contribution in [2.75, 3.05) is 13.6 Å². The first kappa shape index (κ1) is 15.3. The van der Waals surface area contributed by atoms with Gasteiger partial charge in [-0.25, -0.2) is 0 Å². The summed E-state index contributed by atoms with van der Waals surface area (Å²) in [5, 5.41) is 2.97. The molecule has 1 aromatic carbocycles. The van der Waals surface area contributed by atoms with Crippen LogP contribution in [0.2, 0.25) is 0 Å². The van der Waals surface area contributed by atoms with Crippen LogP contribution in [0.1, 0.15) is 18.0 Å². The highest BCUT2D eigenvalue weighted by atomic mass is 16.2. The van der Waals surface area contributed by atoms with Crippen LogP contribution in [-0.2, 0) is 16.1 Å². The van der Waals surface area contributed by atoms with Gasteiger partial charge in [0.15, 0.2) is 0 Å². The fourth-order valence-corrected chi connectivity index (χ4v) is 3.17. The second-order valence-corrected chi connectivity index (χ2v) is 5.88. The minimum Gasteiger partial charge on any atom is -0.354 e. The minimum absolute atomic E-state index is 0.0180. The molecule has 5 heteroatoms. The molecule has 0 radical (unpaired) electrons. The van der Waals surface area contributed by atoms with Crippen molar-refractivity contribution in [3.63, 3.8) is 0 Å². The molecule has 2 heterocycles. The Hall–Kier alpha value is -2.56. The van der Waals surface area contributed by atoms with E-state index in [4.69, 9.17) is 0 Å². The molecule has 5 nitrogen and oxygen atoms in total. The predicted octanol–water partition coefficient (Wildman–Crippen LogP) is 1.82. The van der Waals surface area contributed by atoms with Crippen LogP contribution in [0.3, 0.4) is 0 Å². The third-order valence-electron chi connectivity index (χ3n) is 4.40. The summed E-state index contributed by atoms with van der Waals surface area (Å²) in [7, 11) is 1.77. The monoisotopic (exact) mass is 311 g/mol. The molecule has 1 saturated heterocycles. The van der Waals surface area contributed by atoms with E-state index in [2.05, 4.69) is 5.32 Å². The Labute approximate surface area is 135 Å². The molecule has 0 aliphatic carbocycles. The van der Waals surface area contributed by atoms with Crippen LogP contribution in [-0.4, -0.2) is 34.9 Å². The molecule has 1 fully saturated rings. The molecule has 0 unspecified atom stereocenters. The maximum absolute atomic E-state index is 12.5. The Morgan fingerprint density at radius 2 is 1.87 bits per heavy atom. The zero-order chi connectivity index (χ0) is 16.2. The van der Waals surface area contributed by atoms with Crippen LogP contribution in [0.25, 0.3) is 0 Å². The van der Waals surface area contributed by atoms with E-state index >= 15 is 0 Å². The van der Waals surface area contributed by atoms with Crippen molar-refractivity contribution in [2.45, 2.75) is 19.0 Å². The number of nitrogens with zero attached hydrogens (tertiary/aromatic N) is 2. The molecule has 0 saturated carbocycles. The van der Waals surface area contributed by atoms with Crippen molar-refractivity contribution in [1.29, 1.82) is 0 Å². The minimum atomic E-state index is -0.334. The maximum atomic E-state index is 12.5. The van der Waals surface area contributed by atoms with Crippen LogP contribution in [0.4, 0.5) is 0 Å².